The summed E-state index contributed by atoms with van der Waals surface area (Å²) in [7, 11) is 2.85. The van der Waals surface area contributed by atoms with E-state index in [9.17, 15) is 14.0 Å². The second-order valence-electron chi connectivity index (χ2n) is 6.58. The molecular formula is C22H22FN3O4. The molecule has 1 N–H and O–H groups in total. The van der Waals surface area contributed by atoms with Crippen molar-refractivity contribution in [2.75, 3.05) is 14.2 Å². The van der Waals surface area contributed by atoms with Crippen molar-refractivity contribution in [1.82, 2.24) is 9.78 Å². The molecule has 3 aromatic rings. The molecule has 1 aromatic heterocycles. The number of carbonyl (C=O) groups is 1. The minimum absolute atomic E-state index is 0.104. The summed E-state index contributed by atoms with van der Waals surface area (Å²) in [6.07, 6.45) is -0.104. The van der Waals surface area contributed by atoms with E-state index >= 15 is 0 Å². The molecule has 0 bridgehead atoms. The van der Waals surface area contributed by atoms with Gasteiger partial charge in [-0.3, -0.25) is 19.7 Å². The Hall–Kier alpha value is -3.68. The van der Waals surface area contributed by atoms with Crippen molar-refractivity contribution in [3.8, 4) is 11.4 Å². The summed E-state index contributed by atoms with van der Waals surface area (Å²) < 4.78 is 24.3. The van der Waals surface area contributed by atoms with Crippen molar-refractivity contribution in [2.45, 2.75) is 19.9 Å². The van der Waals surface area contributed by atoms with E-state index < -0.39 is 5.97 Å². The van der Waals surface area contributed by atoms with Crippen LogP contribution in [-0.4, -0.2) is 35.7 Å². The Balaban J connectivity index is 2.00. The zero-order chi connectivity index (χ0) is 21.7. The molecule has 156 valence electrons. The lowest BCUT2D eigenvalue weighted by Crippen LogP contribution is -2.20. The van der Waals surface area contributed by atoms with Gasteiger partial charge < -0.3 is 9.47 Å². The topological polar surface area (TPSA) is 85.7 Å². The molecule has 7 nitrogen and oxygen atoms in total. The first-order valence-corrected chi connectivity index (χ1v) is 9.24. The molecule has 1 heterocycles. The van der Waals surface area contributed by atoms with Gasteiger partial charge >= 0.3 is 5.97 Å². The molecular weight excluding hydrogens is 389 g/mol. The van der Waals surface area contributed by atoms with E-state index in [1.54, 1.807) is 50.4 Å². The summed E-state index contributed by atoms with van der Waals surface area (Å²) >= 11 is 0. The number of rotatable bonds is 7. The van der Waals surface area contributed by atoms with Crippen LogP contribution >= 0.6 is 0 Å². The maximum absolute atomic E-state index is 13.1. The number of carbonyl (C=O) groups excluding carboxylic acids is 1. The normalized spacial score (nSPS) is 11.4. The SMILES string of the molecule is COC(=O)Cc1[nH]n(-c2ccc(OC)cc2)c(=O)c1C(C)=NCc1ccc(F)cc1. The van der Waals surface area contributed by atoms with Crippen LogP contribution in [0.5, 0.6) is 5.75 Å². The van der Waals surface area contributed by atoms with Gasteiger partial charge in [-0.05, 0) is 48.9 Å². The quantitative estimate of drug-likeness (QED) is 0.478. The molecule has 0 atom stereocenters. The Bertz CT molecular complexity index is 1110. The van der Waals surface area contributed by atoms with Crippen molar-refractivity contribution < 1.29 is 18.7 Å². The van der Waals surface area contributed by atoms with Crippen molar-refractivity contribution in [2.24, 2.45) is 4.99 Å². The maximum atomic E-state index is 13.1. The predicted octanol–water partition coefficient (Wildman–Crippen LogP) is 3.04. The van der Waals surface area contributed by atoms with Crippen molar-refractivity contribution in [3.63, 3.8) is 0 Å². The van der Waals surface area contributed by atoms with Crippen LogP contribution in [-0.2, 0) is 22.5 Å². The number of aromatic amines is 1. The van der Waals surface area contributed by atoms with E-state index in [0.29, 0.717) is 28.4 Å². The zero-order valence-corrected chi connectivity index (χ0v) is 16.9. The molecule has 0 saturated heterocycles. The molecule has 0 aliphatic carbocycles. The first kappa shape index (κ1) is 21.0. The number of methoxy groups -OCH3 is 2. The largest absolute Gasteiger partial charge is 0.497 e. The molecule has 0 radical (unpaired) electrons. The Kier molecular flexibility index (Phi) is 6.46. The maximum Gasteiger partial charge on any atom is 0.311 e. The highest BCUT2D eigenvalue weighted by Gasteiger charge is 2.20. The van der Waals surface area contributed by atoms with Crippen LogP contribution in [0.15, 0.2) is 58.3 Å². The number of H-pyrrole nitrogens is 1. The molecule has 0 aliphatic rings. The lowest BCUT2D eigenvalue weighted by Gasteiger charge is -2.03. The summed E-state index contributed by atoms with van der Waals surface area (Å²) in [4.78, 5) is 29.5. The van der Waals surface area contributed by atoms with Gasteiger partial charge in [0.25, 0.3) is 5.56 Å². The van der Waals surface area contributed by atoms with Crippen LogP contribution in [0, 0.1) is 5.82 Å². The number of hydrogen-bond acceptors (Lipinski definition) is 5. The second kappa shape index (κ2) is 9.21. The summed E-state index contributed by atoms with van der Waals surface area (Å²) in [5, 5.41) is 2.99. The fraction of sp³-hybridized carbons (Fsp3) is 0.227. The van der Waals surface area contributed by atoms with Crippen LogP contribution in [0.1, 0.15) is 23.7 Å². The monoisotopic (exact) mass is 411 g/mol. The number of aromatic nitrogens is 2. The van der Waals surface area contributed by atoms with Gasteiger partial charge in [0.1, 0.15) is 11.6 Å². The molecule has 8 heteroatoms. The van der Waals surface area contributed by atoms with Crippen LogP contribution in [0.25, 0.3) is 5.69 Å². The first-order chi connectivity index (χ1) is 14.4. The van der Waals surface area contributed by atoms with Gasteiger partial charge in [0.05, 0.1) is 44.1 Å². The van der Waals surface area contributed by atoms with Gasteiger partial charge in [-0.2, -0.15) is 0 Å². The van der Waals surface area contributed by atoms with E-state index in [0.717, 1.165) is 5.56 Å². The van der Waals surface area contributed by atoms with Crippen molar-refractivity contribution in [1.29, 1.82) is 0 Å². The highest BCUT2D eigenvalue weighted by atomic mass is 19.1. The van der Waals surface area contributed by atoms with E-state index in [4.69, 9.17) is 9.47 Å². The Morgan fingerprint density at radius 3 is 2.37 bits per heavy atom. The fourth-order valence-electron chi connectivity index (χ4n) is 2.99. The minimum atomic E-state index is -0.481. The second-order valence-corrected chi connectivity index (χ2v) is 6.58. The molecule has 0 amide bonds. The van der Waals surface area contributed by atoms with E-state index in [1.165, 1.54) is 23.9 Å². The fourth-order valence-corrected chi connectivity index (χ4v) is 2.99. The van der Waals surface area contributed by atoms with Gasteiger partial charge in [0.2, 0.25) is 0 Å². The third-order valence-corrected chi connectivity index (χ3v) is 4.62. The van der Waals surface area contributed by atoms with Crippen LogP contribution < -0.4 is 10.3 Å². The summed E-state index contributed by atoms with van der Waals surface area (Å²) in [5.41, 5.74) is 2.23. The zero-order valence-electron chi connectivity index (χ0n) is 16.9. The standard InChI is InChI=1S/C22H22FN3O4/c1-14(24-13-15-4-6-16(23)7-5-15)21-19(12-20(27)30-3)25-26(22(21)28)17-8-10-18(29-2)11-9-17/h4-11,25H,12-13H2,1-3H3. The average Bonchev–Trinajstić information content (AvgIpc) is 3.08. The highest BCUT2D eigenvalue weighted by molar-refractivity contribution is 6.00. The lowest BCUT2D eigenvalue weighted by molar-refractivity contribution is -0.139. The third-order valence-electron chi connectivity index (χ3n) is 4.62. The number of ether oxygens (including phenoxy) is 2. The third kappa shape index (κ3) is 4.65. The highest BCUT2D eigenvalue weighted by Crippen LogP contribution is 2.15. The molecule has 0 saturated carbocycles. The molecule has 0 unspecified atom stereocenters. The average molecular weight is 411 g/mol. The van der Waals surface area contributed by atoms with Crippen molar-refractivity contribution >= 4 is 11.7 Å². The van der Waals surface area contributed by atoms with Gasteiger partial charge in [-0.15, -0.1) is 0 Å². The van der Waals surface area contributed by atoms with Crippen LogP contribution in [0.4, 0.5) is 4.39 Å². The van der Waals surface area contributed by atoms with Gasteiger partial charge in [-0.25, -0.2) is 9.07 Å². The number of halogens is 1. The van der Waals surface area contributed by atoms with Crippen LogP contribution in [0.3, 0.4) is 0 Å². The molecule has 0 fully saturated rings. The Morgan fingerprint density at radius 1 is 1.10 bits per heavy atom. The molecule has 3 rings (SSSR count). The lowest BCUT2D eigenvalue weighted by atomic mass is 10.1. The Morgan fingerprint density at radius 2 is 1.77 bits per heavy atom. The van der Waals surface area contributed by atoms with Gasteiger partial charge in [-0.1, -0.05) is 12.1 Å². The van der Waals surface area contributed by atoms with E-state index in [1.807, 2.05) is 0 Å². The number of esters is 1. The van der Waals surface area contributed by atoms with Gasteiger partial charge in [0.15, 0.2) is 0 Å². The number of nitrogens with one attached hydrogen (secondary N) is 1. The predicted molar refractivity (Wildman–Crippen MR) is 111 cm³/mol. The van der Waals surface area contributed by atoms with Crippen LogP contribution in [0.2, 0.25) is 0 Å². The Labute approximate surface area is 172 Å². The van der Waals surface area contributed by atoms with Gasteiger partial charge in [0, 0.05) is 5.71 Å². The summed E-state index contributed by atoms with van der Waals surface area (Å²) in [6.45, 7) is 1.98. The van der Waals surface area contributed by atoms with E-state index in [-0.39, 0.29) is 24.3 Å². The number of hydrogen-bond donors (Lipinski definition) is 1. The molecule has 30 heavy (non-hydrogen) atoms. The number of aliphatic imine (C=N–C) groups is 1. The smallest absolute Gasteiger partial charge is 0.311 e. The number of benzene rings is 2. The van der Waals surface area contributed by atoms with E-state index in [2.05, 4.69) is 10.1 Å². The first-order valence-electron chi connectivity index (χ1n) is 9.24. The van der Waals surface area contributed by atoms with Crippen molar-refractivity contribution in [3.05, 3.63) is 81.5 Å². The summed E-state index contributed by atoms with van der Waals surface area (Å²) in [5.74, 6) is -0.149. The molecule has 0 spiro atoms. The summed E-state index contributed by atoms with van der Waals surface area (Å²) in [6, 6.07) is 12.9. The molecule has 0 aliphatic heterocycles. The number of nitrogens with zero attached hydrogens (tertiary/aromatic N) is 2. The minimum Gasteiger partial charge on any atom is -0.497 e. The molecule has 2 aromatic carbocycles.